The van der Waals surface area contributed by atoms with Gasteiger partial charge in [-0.15, -0.1) is 5.10 Å². The highest BCUT2D eigenvalue weighted by Crippen LogP contribution is 2.24. The van der Waals surface area contributed by atoms with Gasteiger partial charge in [-0.25, -0.2) is 0 Å². The van der Waals surface area contributed by atoms with Crippen LogP contribution >= 0.6 is 11.3 Å². The average Bonchev–Trinajstić information content (AvgIpc) is 3.18. The van der Waals surface area contributed by atoms with Gasteiger partial charge in [-0.3, -0.25) is 20.2 Å². The Hall–Kier alpha value is -3.07. The maximum absolute atomic E-state index is 12.0. The van der Waals surface area contributed by atoms with Gasteiger partial charge in [-0.2, -0.15) is 0 Å². The summed E-state index contributed by atoms with van der Waals surface area (Å²) in [6.45, 7) is 0. The number of benzene rings is 1. The molecule has 9 heteroatoms. The fraction of sp³-hybridized carbons (Fsp3) is 0.0714. The van der Waals surface area contributed by atoms with E-state index in [4.69, 9.17) is 4.42 Å². The summed E-state index contributed by atoms with van der Waals surface area (Å²) < 4.78 is 5.35. The molecule has 1 aromatic carbocycles. The monoisotopic (exact) mass is 330 g/mol. The topological polar surface area (TPSA) is 111 Å². The smallest absolute Gasteiger partial charge is 0.324 e. The highest BCUT2D eigenvalue weighted by Gasteiger charge is 2.17. The third kappa shape index (κ3) is 3.58. The molecular weight excluding hydrogens is 320 g/mol. The average molecular weight is 330 g/mol. The SMILES string of the molecule is O=C(Nc1nnc(Cc2ccccc2)o1)c1ccc([N+](=O)[O-])s1. The molecule has 23 heavy (non-hydrogen) atoms. The zero-order valence-corrected chi connectivity index (χ0v) is 12.4. The van der Waals surface area contributed by atoms with E-state index in [2.05, 4.69) is 15.5 Å². The Labute approximate surface area is 133 Å². The summed E-state index contributed by atoms with van der Waals surface area (Å²) >= 11 is 0.777. The van der Waals surface area contributed by atoms with E-state index < -0.39 is 10.8 Å². The van der Waals surface area contributed by atoms with Crippen molar-refractivity contribution in [3.63, 3.8) is 0 Å². The number of thiophene rings is 1. The first-order valence-electron chi connectivity index (χ1n) is 6.54. The lowest BCUT2D eigenvalue weighted by Gasteiger charge is -1.97. The molecule has 1 amide bonds. The number of rotatable bonds is 5. The minimum Gasteiger partial charge on any atom is -0.407 e. The molecule has 0 bridgehead atoms. The van der Waals surface area contributed by atoms with Crippen molar-refractivity contribution in [1.29, 1.82) is 0 Å². The van der Waals surface area contributed by atoms with Crippen molar-refractivity contribution in [3.05, 3.63) is 68.9 Å². The van der Waals surface area contributed by atoms with E-state index >= 15 is 0 Å². The first kappa shape index (κ1) is 14.9. The first-order chi connectivity index (χ1) is 11.1. The summed E-state index contributed by atoms with van der Waals surface area (Å²) in [4.78, 5) is 22.2. The van der Waals surface area contributed by atoms with Crippen LogP contribution in [-0.4, -0.2) is 21.0 Å². The summed E-state index contributed by atoms with van der Waals surface area (Å²) in [6.07, 6.45) is 0.453. The largest absolute Gasteiger partial charge is 0.407 e. The summed E-state index contributed by atoms with van der Waals surface area (Å²) in [6, 6.07) is 12.2. The lowest BCUT2D eigenvalue weighted by atomic mass is 10.2. The molecule has 0 aliphatic rings. The van der Waals surface area contributed by atoms with Crippen molar-refractivity contribution in [3.8, 4) is 0 Å². The highest BCUT2D eigenvalue weighted by molar-refractivity contribution is 7.17. The number of carbonyl (C=O) groups is 1. The summed E-state index contributed by atoms with van der Waals surface area (Å²) in [7, 11) is 0. The Kier molecular flexibility index (Phi) is 4.11. The van der Waals surface area contributed by atoms with E-state index in [-0.39, 0.29) is 15.9 Å². The fourth-order valence-corrected chi connectivity index (χ4v) is 2.57. The number of nitro groups is 1. The van der Waals surface area contributed by atoms with Crippen molar-refractivity contribution in [2.75, 3.05) is 5.32 Å². The molecule has 0 spiro atoms. The van der Waals surface area contributed by atoms with E-state index in [1.807, 2.05) is 30.3 Å². The van der Waals surface area contributed by atoms with Crippen LogP contribution < -0.4 is 5.32 Å². The number of aromatic nitrogens is 2. The van der Waals surface area contributed by atoms with Crippen LogP contribution in [0.1, 0.15) is 21.1 Å². The van der Waals surface area contributed by atoms with Gasteiger partial charge in [-0.1, -0.05) is 46.8 Å². The quantitative estimate of drug-likeness (QED) is 0.569. The van der Waals surface area contributed by atoms with Crippen LogP contribution in [0.25, 0.3) is 0 Å². The van der Waals surface area contributed by atoms with Gasteiger partial charge in [0.15, 0.2) is 0 Å². The molecule has 0 unspecified atom stereocenters. The molecule has 1 N–H and O–H groups in total. The van der Waals surface area contributed by atoms with Crippen molar-refractivity contribution in [1.82, 2.24) is 10.2 Å². The van der Waals surface area contributed by atoms with Crippen molar-refractivity contribution in [2.24, 2.45) is 0 Å². The normalized spacial score (nSPS) is 10.4. The molecular formula is C14H10N4O4S. The van der Waals surface area contributed by atoms with Gasteiger partial charge < -0.3 is 4.42 Å². The van der Waals surface area contributed by atoms with Crippen LogP contribution in [0.5, 0.6) is 0 Å². The molecule has 8 nitrogen and oxygen atoms in total. The molecule has 0 saturated carbocycles. The van der Waals surface area contributed by atoms with E-state index in [9.17, 15) is 14.9 Å². The minimum absolute atomic E-state index is 0.0445. The third-order valence-corrected chi connectivity index (χ3v) is 3.92. The Morgan fingerprint density at radius 1 is 1.22 bits per heavy atom. The third-order valence-electron chi connectivity index (χ3n) is 2.88. The van der Waals surface area contributed by atoms with Crippen LogP contribution in [0.3, 0.4) is 0 Å². The first-order valence-corrected chi connectivity index (χ1v) is 7.35. The summed E-state index contributed by atoms with van der Waals surface area (Å²) in [5.41, 5.74) is 1.00. The van der Waals surface area contributed by atoms with Crippen molar-refractivity contribution in [2.45, 2.75) is 6.42 Å². The Balaban J connectivity index is 1.66. The van der Waals surface area contributed by atoms with Crippen molar-refractivity contribution >= 4 is 28.3 Å². The van der Waals surface area contributed by atoms with E-state index in [0.29, 0.717) is 12.3 Å². The number of anilines is 1. The van der Waals surface area contributed by atoms with Gasteiger partial charge in [0.2, 0.25) is 5.89 Å². The number of nitrogens with one attached hydrogen (secondary N) is 1. The molecule has 0 aliphatic heterocycles. The number of hydrogen-bond acceptors (Lipinski definition) is 7. The second-order valence-corrected chi connectivity index (χ2v) is 5.57. The van der Waals surface area contributed by atoms with Crippen LogP contribution in [-0.2, 0) is 6.42 Å². The molecule has 2 aromatic heterocycles. The van der Waals surface area contributed by atoms with Gasteiger partial charge in [0.05, 0.1) is 16.2 Å². The van der Waals surface area contributed by atoms with E-state index in [0.717, 1.165) is 16.9 Å². The second-order valence-electron chi connectivity index (χ2n) is 4.51. The van der Waals surface area contributed by atoms with E-state index in [1.54, 1.807) is 0 Å². The highest BCUT2D eigenvalue weighted by atomic mass is 32.1. The van der Waals surface area contributed by atoms with E-state index in [1.165, 1.54) is 12.1 Å². The zero-order chi connectivity index (χ0) is 16.2. The van der Waals surface area contributed by atoms with Crippen LogP contribution in [0, 0.1) is 10.1 Å². The second kappa shape index (κ2) is 6.36. The van der Waals surface area contributed by atoms with Gasteiger partial charge in [0.1, 0.15) is 0 Å². The minimum atomic E-state index is -0.549. The van der Waals surface area contributed by atoms with Crippen LogP contribution in [0.4, 0.5) is 11.0 Å². The molecule has 116 valence electrons. The predicted octanol–water partition coefficient (Wildman–Crippen LogP) is 2.88. The van der Waals surface area contributed by atoms with Gasteiger partial charge in [0, 0.05) is 6.07 Å². The number of carbonyl (C=O) groups excluding carboxylic acids is 1. The lowest BCUT2D eigenvalue weighted by Crippen LogP contribution is -2.10. The maximum atomic E-state index is 12.0. The standard InChI is InChI=1S/C14H10N4O4S/c19-13(10-6-7-12(23-10)18(20)21)15-14-17-16-11(22-14)8-9-4-2-1-3-5-9/h1-7H,8H2,(H,15,17,19). The Bertz CT molecular complexity index is 843. The van der Waals surface area contributed by atoms with Crippen LogP contribution in [0.15, 0.2) is 46.9 Å². The Morgan fingerprint density at radius 3 is 2.70 bits per heavy atom. The molecule has 0 radical (unpaired) electrons. The molecule has 2 heterocycles. The number of amides is 1. The molecule has 0 fully saturated rings. The number of hydrogen-bond donors (Lipinski definition) is 1. The molecule has 3 aromatic rings. The zero-order valence-electron chi connectivity index (χ0n) is 11.6. The summed E-state index contributed by atoms with van der Waals surface area (Å²) in [5.74, 6) is -0.165. The van der Waals surface area contributed by atoms with Crippen LogP contribution in [0.2, 0.25) is 0 Å². The lowest BCUT2D eigenvalue weighted by molar-refractivity contribution is -0.380. The fourth-order valence-electron chi connectivity index (χ4n) is 1.85. The predicted molar refractivity (Wildman–Crippen MR) is 82.5 cm³/mol. The summed E-state index contributed by atoms with van der Waals surface area (Å²) in [5, 5.41) is 20.5. The molecule has 0 aliphatic carbocycles. The van der Waals surface area contributed by atoms with Crippen molar-refractivity contribution < 1.29 is 14.1 Å². The molecule has 0 atom stereocenters. The van der Waals surface area contributed by atoms with Gasteiger partial charge >= 0.3 is 11.0 Å². The van der Waals surface area contributed by atoms with Gasteiger partial charge in [0.25, 0.3) is 5.91 Å². The Morgan fingerprint density at radius 2 is 2.00 bits per heavy atom. The molecule has 3 rings (SSSR count). The molecule has 0 saturated heterocycles. The number of nitrogens with zero attached hydrogens (tertiary/aromatic N) is 3. The maximum Gasteiger partial charge on any atom is 0.324 e. The van der Waals surface area contributed by atoms with Gasteiger partial charge in [-0.05, 0) is 11.6 Å².